The molecule has 1 aromatic heterocycles. The lowest BCUT2D eigenvalue weighted by Gasteiger charge is -2.29. The van der Waals surface area contributed by atoms with Crippen LogP contribution in [0.5, 0.6) is 5.75 Å². The van der Waals surface area contributed by atoms with Crippen molar-refractivity contribution in [2.75, 3.05) is 11.5 Å². The van der Waals surface area contributed by atoms with Gasteiger partial charge >= 0.3 is 0 Å². The van der Waals surface area contributed by atoms with Crippen LogP contribution in [0.1, 0.15) is 23.9 Å². The van der Waals surface area contributed by atoms with Gasteiger partial charge in [0.2, 0.25) is 0 Å². The van der Waals surface area contributed by atoms with Crippen LogP contribution in [-0.4, -0.2) is 28.1 Å². The number of carbonyl (C=O) groups excluding carboxylic acids is 2. The smallest absolute Gasteiger partial charge is 0.270 e. The Labute approximate surface area is 219 Å². The number of nitrogens with one attached hydrogen (secondary N) is 1. The molecule has 0 unspecified atom stereocenters. The molecule has 0 aliphatic carbocycles. The summed E-state index contributed by atoms with van der Waals surface area (Å²) in [6, 6.07) is 15.0. The average Bonchev–Trinajstić information content (AvgIpc) is 3.00. The van der Waals surface area contributed by atoms with E-state index in [4.69, 9.17) is 17.0 Å². The third kappa shape index (κ3) is 4.47. The maximum atomic E-state index is 13.5. The summed E-state index contributed by atoms with van der Waals surface area (Å²) in [4.78, 5) is 27.6. The molecule has 0 radical (unpaired) electrons. The van der Waals surface area contributed by atoms with Crippen LogP contribution in [0, 0.1) is 13.8 Å². The number of benzene rings is 2. The van der Waals surface area contributed by atoms with Gasteiger partial charge in [-0.3, -0.25) is 19.8 Å². The van der Waals surface area contributed by atoms with Crippen molar-refractivity contribution in [3.63, 3.8) is 0 Å². The maximum Gasteiger partial charge on any atom is 0.270 e. The first-order valence-corrected chi connectivity index (χ1v) is 12.5. The Kier molecular flexibility index (Phi) is 7.06. The Bertz CT molecular complexity index is 1350. The normalized spacial score (nSPS) is 15.1. The Balaban J connectivity index is 1.78. The van der Waals surface area contributed by atoms with Crippen LogP contribution in [0.4, 0.5) is 5.69 Å². The van der Waals surface area contributed by atoms with Crippen LogP contribution in [0.25, 0.3) is 11.8 Å². The predicted octanol–water partition coefficient (Wildman–Crippen LogP) is 5.85. The van der Waals surface area contributed by atoms with Gasteiger partial charge in [0, 0.05) is 37.7 Å². The zero-order valence-electron chi connectivity index (χ0n) is 18.7. The van der Waals surface area contributed by atoms with Gasteiger partial charge < -0.3 is 9.30 Å². The second kappa shape index (κ2) is 9.85. The number of rotatable bonds is 5. The van der Waals surface area contributed by atoms with E-state index in [0.717, 1.165) is 31.6 Å². The van der Waals surface area contributed by atoms with E-state index in [1.165, 1.54) is 4.90 Å². The Morgan fingerprint density at radius 2 is 1.74 bits per heavy atom. The van der Waals surface area contributed by atoms with Crippen molar-refractivity contribution in [3.8, 4) is 11.4 Å². The van der Waals surface area contributed by atoms with Crippen LogP contribution in [0.15, 0.2) is 63.0 Å². The van der Waals surface area contributed by atoms with Gasteiger partial charge in [-0.15, -0.1) is 0 Å². The summed E-state index contributed by atoms with van der Waals surface area (Å²) < 4.78 is 9.41. The van der Waals surface area contributed by atoms with Crippen molar-refractivity contribution < 1.29 is 14.3 Å². The minimum Gasteiger partial charge on any atom is -0.494 e. The Hall–Kier alpha value is -2.75. The van der Waals surface area contributed by atoms with Crippen molar-refractivity contribution in [2.45, 2.75) is 20.8 Å². The summed E-state index contributed by atoms with van der Waals surface area (Å²) in [5, 5.41) is 2.67. The van der Waals surface area contributed by atoms with Crippen LogP contribution >= 0.6 is 44.1 Å². The number of carbonyl (C=O) groups is 2. The Morgan fingerprint density at radius 1 is 1.03 bits per heavy atom. The van der Waals surface area contributed by atoms with E-state index >= 15 is 0 Å². The molecule has 34 heavy (non-hydrogen) atoms. The van der Waals surface area contributed by atoms with Gasteiger partial charge in [-0.05, 0) is 91.4 Å². The van der Waals surface area contributed by atoms with E-state index in [1.54, 1.807) is 30.3 Å². The Morgan fingerprint density at radius 3 is 2.41 bits per heavy atom. The highest BCUT2D eigenvalue weighted by Gasteiger charge is 2.35. The van der Waals surface area contributed by atoms with Crippen LogP contribution in [0.2, 0.25) is 0 Å². The van der Waals surface area contributed by atoms with E-state index in [1.807, 2.05) is 45.0 Å². The number of thiocarbonyl (C=S) groups is 1. The first kappa shape index (κ1) is 24.4. The molecule has 1 fully saturated rings. The first-order valence-electron chi connectivity index (χ1n) is 10.5. The molecule has 0 spiro atoms. The molecular weight excluding hydrogens is 582 g/mol. The fourth-order valence-corrected chi connectivity index (χ4v) is 5.01. The molecule has 1 aliphatic rings. The fourth-order valence-electron chi connectivity index (χ4n) is 3.88. The average molecular weight is 603 g/mol. The van der Waals surface area contributed by atoms with Crippen molar-refractivity contribution in [3.05, 3.63) is 80.0 Å². The van der Waals surface area contributed by atoms with E-state index < -0.39 is 11.8 Å². The molecule has 1 aliphatic heterocycles. The second-order valence-corrected chi connectivity index (χ2v) is 9.69. The zero-order chi connectivity index (χ0) is 24.6. The van der Waals surface area contributed by atoms with Gasteiger partial charge in [0.25, 0.3) is 11.8 Å². The molecule has 0 atom stereocenters. The van der Waals surface area contributed by atoms with Crippen LogP contribution in [-0.2, 0) is 9.59 Å². The molecule has 2 aromatic carbocycles. The summed E-state index contributed by atoms with van der Waals surface area (Å²) in [5.74, 6) is -0.422. The number of aromatic nitrogens is 1. The number of amides is 2. The molecule has 1 saturated heterocycles. The monoisotopic (exact) mass is 601 g/mol. The second-order valence-electron chi connectivity index (χ2n) is 7.60. The molecule has 0 bridgehead atoms. The lowest BCUT2D eigenvalue weighted by molar-refractivity contribution is -0.122. The number of anilines is 1. The van der Waals surface area contributed by atoms with Gasteiger partial charge in [-0.1, -0.05) is 22.0 Å². The first-order chi connectivity index (χ1) is 16.2. The van der Waals surface area contributed by atoms with Crippen LogP contribution < -0.4 is 15.0 Å². The molecule has 2 amide bonds. The van der Waals surface area contributed by atoms with Crippen molar-refractivity contribution in [1.82, 2.24) is 9.88 Å². The highest BCUT2D eigenvalue weighted by Crippen LogP contribution is 2.34. The van der Waals surface area contributed by atoms with Gasteiger partial charge in [0.05, 0.1) is 12.3 Å². The number of nitrogens with zero attached hydrogens (tertiary/aromatic N) is 2. The summed E-state index contributed by atoms with van der Waals surface area (Å²) in [7, 11) is 0. The van der Waals surface area contributed by atoms with Crippen LogP contribution in [0.3, 0.4) is 0 Å². The lowest BCUT2D eigenvalue weighted by Crippen LogP contribution is -2.54. The molecule has 6 nitrogen and oxygen atoms in total. The highest BCUT2D eigenvalue weighted by atomic mass is 79.9. The fraction of sp³-hybridized carbons (Fsp3) is 0.160. The third-order valence-electron chi connectivity index (χ3n) is 5.48. The van der Waals surface area contributed by atoms with Gasteiger partial charge in [-0.25, -0.2) is 0 Å². The van der Waals surface area contributed by atoms with Crippen molar-refractivity contribution in [1.29, 1.82) is 0 Å². The minimum absolute atomic E-state index is 0.00725. The number of hydrogen-bond acceptors (Lipinski definition) is 4. The number of halogens is 2. The van der Waals surface area contributed by atoms with E-state index in [0.29, 0.717) is 18.0 Å². The highest BCUT2D eigenvalue weighted by molar-refractivity contribution is 9.10. The van der Waals surface area contributed by atoms with E-state index in [9.17, 15) is 9.59 Å². The van der Waals surface area contributed by atoms with Gasteiger partial charge in [0.1, 0.15) is 11.3 Å². The van der Waals surface area contributed by atoms with Crippen molar-refractivity contribution >= 4 is 72.8 Å². The number of ether oxygens (including phenoxy) is 1. The molecule has 4 rings (SSSR count). The molecule has 0 saturated carbocycles. The summed E-state index contributed by atoms with van der Waals surface area (Å²) in [6.45, 7) is 6.30. The predicted molar refractivity (Wildman–Crippen MR) is 144 cm³/mol. The molecular formula is C25H21Br2N3O3S. The largest absolute Gasteiger partial charge is 0.494 e. The van der Waals surface area contributed by atoms with Crippen molar-refractivity contribution in [2.24, 2.45) is 0 Å². The SMILES string of the molecule is CCOc1cccc(N2C(=O)/C(=C/c3c(Br)c(C)n(-c4ccc(Br)cc4)c3C)C(=O)NC2=S)c1. The maximum absolute atomic E-state index is 13.5. The molecule has 174 valence electrons. The lowest BCUT2D eigenvalue weighted by atomic mass is 10.1. The topological polar surface area (TPSA) is 63.6 Å². The minimum atomic E-state index is -0.535. The third-order valence-corrected chi connectivity index (χ3v) is 7.29. The molecule has 3 aromatic rings. The molecule has 1 N–H and O–H groups in total. The van der Waals surface area contributed by atoms with Gasteiger partial charge in [0.15, 0.2) is 5.11 Å². The van der Waals surface area contributed by atoms with E-state index in [2.05, 4.69) is 41.7 Å². The van der Waals surface area contributed by atoms with E-state index in [-0.39, 0.29) is 10.7 Å². The summed E-state index contributed by atoms with van der Waals surface area (Å²) >= 11 is 12.4. The zero-order valence-corrected chi connectivity index (χ0v) is 22.7. The van der Waals surface area contributed by atoms with Gasteiger partial charge in [-0.2, -0.15) is 0 Å². The molecule has 9 heteroatoms. The summed E-state index contributed by atoms with van der Waals surface area (Å²) in [6.07, 6.45) is 1.61. The standard InChI is InChI=1S/C25H21Br2N3O3S/c1-4-33-19-7-5-6-18(12-19)30-24(32)21(23(31)28-25(30)34)13-20-14(2)29(15(3)22(20)27)17-10-8-16(26)9-11-17/h5-13H,4H2,1-3H3,(H,28,31,34)/b21-13+. The quantitative estimate of drug-likeness (QED) is 0.226. The number of hydrogen-bond donors (Lipinski definition) is 1. The molecule has 2 heterocycles. The summed E-state index contributed by atoms with van der Waals surface area (Å²) in [5.41, 5.74) is 4.07.